The van der Waals surface area contributed by atoms with Gasteiger partial charge in [0.25, 0.3) is 5.56 Å². The summed E-state index contributed by atoms with van der Waals surface area (Å²) in [6.45, 7) is 2.07. The number of aryl methyl sites for hydroxylation is 1. The molecule has 2 aromatic rings. The summed E-state index contributed by atoms with van der Waals surface area (Å²) in [7, 11) is 0. The number of Topliss-reactive ketones (excluding diaryl/α,β-unsaturated/α-hetero) is 1. The van der Waals surface area contributed by atoms with Gasteiger partial charge >= 0.3 is 0 Å². The Balaban J connectivity index is 2.20. The van der Waals surface area contributed by atoms with E-state index in [4.69, 9.17) is 0 Å². The van der Waals surface area contributed by atoms with Crippen LogP contribution in [0.25, 0.3) is 0 Å². The lowest BCUT2D eigenvalue weighted by molar-refractivity contribution is 0.0975. The molecule has 16 heavy (non-hydrogen) atoms. The molecule has 0 aromatic carbocycles. The van der Waals surface area contributed by atoms with Crippen molar-refractivity contribution in [2.75, 3.05) is 0 Å². The monoisotopic (exact) mass is 233 g/mol. The van der Waals surface area contributed by atoms with Crippen molar-refractivity contribution in [3.05, 3.63) is 56.6 Å². The first-order chi connectivity index (χ1) is 7.66. The molecule has 0 aliphatic heterocycles. The van der Waals surface area contributed by atoms with Gasteiger partial charge in [-0.2, -0.15) is 0 Å². The van der Waals surface area contributed by atoms with Crippen molar-refractivity contribution in [3.8, 4) is 0 Å². The van der Waals surface area contributed by atoms with Crippen molar-refractivity contribution < 1.29 is 4.79 Å². The first kappa shape index (κ1) is 10.8. The van der Waals surface area contributed by atoms with Crippen LogP contribution in [0.4, 0.5) is 0 Å². The van der Waals surface area contributed by atoms with Gasteiger partial charge in [-0.1, -0.05) is 6.07 Å². The van der Waals surface area contributed by atoms with Gasteiger partial charge in [0, 0.05) is 17.1 Å². The Bertz CT molecular complexity index is 568. The molecule has 2 heterocycles. The van der Waals surface area contributed by atoms with Gasteiger partial charge < -0.3 is 4.57 Å². The summed E-state index contributed by atoms with van der Waals surface area (Å²) in [6, 6.07) is 8.57. The van der Waals surface area contributed by atoms with E-state index >= 15 is 0 Å². The van der Waals surface area contributed by atoms with Gasteiger partial charge in [0.15, 0.2) is 5.78 Å². The molecule has 82 valence electrons. The van der Waals surface area contributed by atoms with Gasteiger partial charge in [0.05, 0.1) is 11.4 Å². The maximum atomic E-state index is 11.8. The third kappa shape index (κ3) is 2.28. The zero-order chi connectivity index (χ0) is 11.5. The molecule has 4 heteroatoms. The maximum Gasteiger partial charge on any atom is 0.250 e. The van der Waals surface area contributed by atoms with Crippen LogP contribution in [0.3, 0.4) is 0 Å². The van der Waals surface area contributed by atoms with E-state index in [1.807, 2.05) is 13.0 Å². The van der Waals surface area contributed by atoms with Crippen LogP contribution in [-0.2, 0) is 6.54 Å². The van der Waals surface area contributed by atoms with E-state index < -0.39 is 0 Å². The Morgan fingerprint density at radius 3 is 2.75 bits per heavy atom. The summed E-state index contributed by atoms with van der Waals surface area (Å²) in [6.07, 6.45) is 1.63. The second-order valence-corrected chi connectivity index (χ2v) is 4.79. The smallest absolute Gasteiger partial charge is 0.250 e. The van der Waals surface area contributed by atoms with Gasteiger partial charge in [-0.25, -0.2) is 0 Å². The summed E-state index contributed by atoms with van der Waals surface area (Å²) < 4.78 is 1.41. The van der Waals surface area contributed by atoms with Crippen LogP contribution in [0.2, 0.25) is 0 Å². The average Bonchev–Trinajstić information content (AvgIpc) is 2.68. The summed E-state index contributed by atoms with van der Waals surface area (Å²) in [5.41, 5.74) is -0.149. The van der Waals surface area contributed by atoms with Crippen LogP contribution in [0, 0.1) is 6.92 Å². The van der Waals surface area contributed by atoms with Crippen LogP contribution in [0.1, 0.15) is 14.5 Å². The predicted molar refractivity (Wildman–Crippen MR) is 64.1 cm³/mol. The van der Waals surface area contributed by atoms with Crippen LogP contribution >= 0.6 is 11.3 Å². The Hall–Kier alpha value is -1.68. The quantitative estimate of drug-likeness (QED) is 0.761. The molecule has 0 saturated carbocycles. The molecule has 0 radical (unpaired) electrons. The molecule has 0 atom stereocenters. The highest BCUT2D eigenvalue weighted by molar-refractivity contribution is 7.14. The molecular formula is C12H11NO2S. The van der Waals surface area contributed by atoms with Gasteiger partial charge in [-0.05, 0) is 25.1 Å². The number of carbonyl (C=O) groups is 1. The molecule has 0 saturated heterocycles. The SMILES string of the molecule is Cc1ccc(C(=O)Cn2ccccc2=O)s1. The molecule has 0 aliphatic carbocycles. The number of hydrogen-bond donors (Lipinski definition) is 0. The number of ketones is 1. The molecular weight excluding hydrogens is 222 g/mol. The summed E-state index contributed by atoms with van der Waals surface area (Å²) in [5.74, 6) is -0.0219. The van der Waals surface area contributed by atoms with Crippen molar-refractivity contribution in [1.82, 2.24) is 4.57 Å². The Morgan fingerprint density at radius 2 is 2.12 bits per heavy atom. The van der Waals surface area contributed by atoms with E-state index in [-0.39, 0.29) is 17.9 Å². The topological polar surface area (TPSA) is 39.1 Å². The maximum absolute atomic E-state index is 11.8. The number of nitrogens with zero attached hydrogens (tertiary/aromatic N) is 1. The number of carbonyl (C=O) groups excluding carboxylic acids is 1. The van der Waals surface area contributed by atoms with Gasteiger partial charge in [0.1, 0.15) is 0 Å². The van der Waals surface area contributed by atoms with Gasteiger partial charge in [-0.3, -0.25) is 9.59 Å². The number of hydrogen-bond acceptors (Lipinski definition) is 3. The fourth-order valence-electron chi connectivity index (χ4n) is 1.41. The van der Waals surface area contributed by atoms with Crippen LogP contribution in [0.5, 0.6) is 0 Å². The van der Waals surface area contributed by atoms with Crippen molar-refractivity contribution in [3.63, 3.8) is 0 Å². The summed E-state index contributed by atoms with van der Waals surface area (Å²) in [4.78, 5) is 25.0. The number of pyridine rings is 1. The first-order valence-corrected chi connectivity index (χ1v) is 5.73. The molecule has 2 rings (SSSR count). The lowest BCUT2D eigenvalue weighted by Crippen LogP contribution is -2.22. The standard InChI is InChI=1S/C12H11NO2S/c1-9-5-6-11(16-9)10(14)8-13-7-3-2-4-12(13)15/h2-7H,8H2,1H3. The van der Waals surface area contributed by atoms with Crippen molar-refractivity contribution in [2.45, 2.75) is 13.5 Å². The van der Waals surface area contributed by atoms with Crippen LogP contribution in [-0.4, -0.2) is 10.4 Å². The molecule has 3 nitrogen and oxygen atoms in total. The van der Waals surface area contributed by atoms with Crippen LogP contribution < -0.4 is 5.56 Å². The van der Waals surface area contributed by atoms with E-state index in [1.54, 1.807) is 24.4 Å². The highest BCUT2D eigenvalue weighted by Gasteiger charge is 2.09. The van der Waals surface area contributed by atoms with E-state index in [0.717, 1.165) is 4.88 Å². The summed E-state index contributed by atoms with van der Waals surface area (Å²) in [5, 5.41) is 0. The molecule has 0 amide bonds. The largest absolute Gasteiger partial charge is 0.308 e. The molecule has 0 fully saturated rings. The van der Waals surface area contributed by atoms with E-state index in [1.165, 1.54) is 22.0 Å². The second-order valence-electron chi connectivity index (χ2n) is 3.50. The zero-order valence-corrected chi connectivity index (χ0v) is 9.66. The molecule has 0 unspecified atom stereocenters. The highest BCUT2D eigenvalue weighted by atomic mass is 32.1. The third-order valence-corrected chi connectivity index (χ3v) is 3.27. The fraction of sp³-hybridized carbons (Fsp3) is 0.167. The summed E-state index contributed by atoms with van der Waals surface area (Å²) >= 11 is 1.46. The lowest BCUT2D eigenvalue weighted by atomic mass is 10.3. The van der Waals surface area contributed by atoms with Gasteiger partial charge in [-0.15, -0.1) is 11.3 Å². The zero-order valence-electron chi connectivity index (χ0n) is 8.84. The average molecular weight is 233 g/mol. The Morgan fingerprint density at radius 1 is 1.31 bits per heavy atom. The minimum atomic E-state index is -0.149. The van der Waals surface area contributed by atoms with Crippen molar-refractivity contribution in [2.24, 2.45) is 0 Å². The third-order valence-electron chi connectivity index (χ3n) is 2.23. The molecule has 0 spiro atoms. The molecule has 0 aliphatic rings. The van der Waals surface area contributed by atoms with Crippen molar-refractivity contribution in [1.29, 1.82) is 0 Å². The minimum Gasteiger partial charge on any atom is -0.308 e. The lowest BCUT2D eigenvalue weighted by Gasteiger charge is -2.01. The predicted octanol–water partition coefficient (Wildman–Crippen LogP) is 2.10. The Labute approximate surface area is 97.0 Å². The van der Waals surface area contributed by atoms with Crippen LogP contribution in [0.15, 0.2) is 41.3 Å². The first-order valence-electron chi connectivity index (χ1n) is 4.92. The van der Waals surface area contributed by atoms with Crippen molar-refractivity contribution >= 4 is 17.1 Å². The Kier molecular flexibility index (Phi) is 3.01. The number of aromatic nitrogens is 1. The number of thiophene rings is 1. The molecule has 2 aromatic heterocycles. The van der Waals surface area contributed by atoms with Gasteiger partial charge in [0.2, 0.25) is 0 Å². The fourth-order valence-corrected chi connectivity index (χ4v) is 2.21. The molecule has 0 bridgehead atoms. The second kappa shape index (κ2) is 4.45. The minimum absolute atomic E-state index is 0.0219. The van der Waals surface area contributed by atoms with E-state index in [9.17, 15) is 9.59 Å². The van der Waals surface area contributed by atoms with E-state index in [2.05, 4.69) is 0 Å². The highest BCUT2D eigenvalue weighted by Crippen LogP contribution is 2.15. The molecule has 0 N–H and O–H groups in total. The number of rotatable bonds is 3. The normalized spacial score (nSPS) is 10.3. The van der Waals surface area contributed by atoms with E-state index in [0.29, 0.717) is 4.88 Å².